The number of carboxylic acid groups (broad SMARTS) is 3. The molecule has 0 saturated heterocycles. The number of hydrogen-bond donors (Lipinski definition) is 7. The van der Waals surface area contributed by atoms with E-state index in [0.29, 0.717) is 6.42 Å². The zero-order valence-electron chi connectivity index (χ0n) is 37.0. The van der Waals surface area contributed by atoms with Crippen LogP contribution in [0.1, 0.15) is 148 Å². The largest absolute Gasteiger partial charge is 0.481 e. The number of unbranched alkanes of at least 4 members (excludes halogenated alkanes) is 15. The van der Waals surface area contributed by atoms with E-state index in [1.807, 2.05) is 0 Å². The third-order valence-corrected chi connectivity index (χ3v) is 9.60. The summed E-state index contributed by atoms with van der Waals surface area (Å²) >= 11 is 0. The summed E-state index contributed by atoms with van der Waals surface area (Å²) in [5, 5.41) is 37.4. The number of carbonyl (C=O) groups is 8. The summed E-state index contributed by atoms with van der Waals surface area (Å²) in [7, 11) is 0. The van der Waals surface area contributed by atoms with Crippen LogP contribution in [0.25, 0.3) is 0 Å². The number of ketones is 1. The van der Waals surface area contributed by atoms with Crippen molar-refractivity contribution in [3.63, 3.8) is 0 Å². The number of hydrogen-bond acceptors (Lipinski definition) is 12. The van der Waals surface area contributed by atoms with Crippen LogP contribution in [0.5, 0.6) is 0 Å². The van der Waals surface area contributed by atoms with Gasteiger partial charge in [-0.15, -0.1) is 0 Å². The number of aliphatic carboxylic acids is 3. The van der Waals surface area contributed by atoms with Gasteiger partial charge in [0.2, 0.25) is 23.6 Å². The molecule has 0 heterocycles. The lowest BCUT2D eigenvalue weighted by molar-refractivity contribution is -0.143. The number of carboxylic acids is 3. The molecule has 2 atom stereocenters. The van der Waals surface area contributed by atoms with E-state index in [9.17, 15) is 43.5 Å². The summed E-state index contributed by atoms with van der Waals surface area (Å²) < 4.78 is 21.1. The van der Waals surface area contributed by atoms with Gasteiger partial charge in [-0.1, -0.05) is 89.9 Å². The quantitative estimate of drug-likeness (QED) is 0.0430. The maximum Gasteiger partial charge on any atom is 0.326 e. The first kappa shape index (κ1) is 57.8. The van der Waals surface area contributed by atoms with Gasteiger partial charge in [-0.05, 0) is 32.6 Å². The Bertz CT molecular complexity index is 1270. The van der Waals surface area contributed by atoms with E-state index >= 15 is 0 Å². The van der Waals surface area contributed by atoms with E-state index in [1.165, 1.54) is 64.7 Å². The van der Waals surface area contributed by atoms with Crippen molar-refractivity contribution >= 4 is 47.3 Å². The lowest BCUT2D eigenvalue weighted by Crippen LogP contribution is -2.42. The van der Waals surface area contributed by atoms with Gasteiger partial charge in [0.15, 0.2) is 0 Å². The molecule has 19 heteroatoms. The Labute approximate surface area is 366 Å². The molecule has 62 heavy (non-hydrogen) atoms. The fourth-order valence-corrected chi connectivity index (χ4v) is 6.11. The van der Waals surface area contributed by atoms with Crippen LogP contribution in [0.2, 0.25) is 0 Å². The van der Waals surface area contributed by atoms with E-state index in [0.717, 1.165) is 38.5 Å². The van der Waals surface area contributed by atoms with E-state index in [1.54, 1.807) is 0 Å². The monoisotopic (exact) mass is 889 g/mol. The van der Waals surface area contributed by atoms with E-state index < -0.39 is 35.9 Å². The molecule has 0 bridgehead atoms. The molecule has 0 aromatic rings. The minimum Gasteiger partial charge on any atom is -0.481 e. The highest BCUT2D eigenvalue weighted by molar-refractivity contribution is 5.85. The van der Waals surface area contributed by atoms with Crippen LogP contribution in [-0.2, 0) is 57.3 Å². The molecule has 0 aliphatic heterocycles. The number of amides is 4. The van der Waals surface area contributed by atoms with Gasteiger partial charge in [-0.25, -0.2) is 9.59 Å². The van der Waals surface area contributed by atoms with Gasteiger partial charge in [0.25, 0.3) is 0 Å². The molecule has 19 nitrogen and oxygen atoms in total. The molecule has 358 valence electrons. The summed E-state index contributed by atoms with van der Waals surface area (Å²) in [4.78, 5) is 92.7. The Hall–Kier alpha value is -4.20. The molecule has 4 amide bonds. The number of ether oxygens (including phenoxy) is 4. The van der Waals surface area contributed by atoms with Crippen LogP contribution >= 0.6 is 0 Å². The van der Waals surface area contributed by atoms with Gasteiger partial charge in [-0.2, -0.15) is 0 Å². The van der Waals surface area contributed by atoms with Crippen LogP contribution in [0.4, 0.5) is 0 Å². The summed E-state index contributed by atoms with van der Waals surface area (Å²) in [5.41, 5.74) is 0. The zero-order valence-corrected chi connectivity index (χ0v) is 37.0. The Balaban J connectivity index is 3.70. The van der Waals surface area contributed by atoms with Gasteiger partial charge < -0.3 is 60.3 Å². The summed E-state index contributed by atoms with van der Waals surface area (Å²) in [5.74, 6) is -5.01. The van der Waals surface area contributed by atoms with Crippen molar-refractivity contribution in [2.24, 2.45) is 0 Å². The molecule has 0 rings (SSSR count). The van der Waals surface area contributed by atoms with Crippen LogP contribution in [0, 0.1) is 0 Å². The average Bonchev–Trinajstić information content (AvgIpc) is 3.21. The van der Waals surface area contributed by atoms with Crippen molar-refractivity contribution in [1.29, 1.82) is 0 Å². The number of Topliss-reactive ketones (excluding diaryl/α,β-unsaturated/α-hetero) is 1. The molecule has 0 aromatic heterocycles. The molecule has 7 N–H and O–H groups in total. The molecule has 0 aliphatic rings. The van der Waals surface area contributed by atoms with Gasteiger partial charge in [-0.3, -0.25) is 24.0 Å². The highest BCUT2D eigenvalue weighted by atomic mass is 16.5. The third-order valence-electron chi connectivity index (χ3n) is 9.60. The fourth-order valence-electron chi connectivity index (χ4n) is 6.11. The van der Waals surface area contributed by atoms with Crippen molar-refractivity contribution in [3.8, 4) is 0 Å². The van der Waals surface area contributed by atoms with Gasteiger partial charge in [0, 0.05) is 38.8 Å². The van der Waals surface area contributed by atoms with Crippen molar-refractivity contribution in [3.05, 3.63) is 0 Å². The van der Waals surface area contributed by atoms with Gasteiger partial charge in [0.05, 0.1) is 39.6 Å². The molecule has 0 spiro atoms. The number of rotatable bonds is 45. The third kappa shape index (κ3) is 39.9. The summed E-state index contributed by atoms with van der Waals surface area (Å²) in [6.07, 6.45) is 18.2. The molecule has 0 unspecified atom stereocenters. The minimum absolute atomic E-state index is 0.00823. The van der Waals surface area contributed by atoms with Crippen LogP contribution in [-0.4, -0.2) is 141 Å². The predicted octanol–water partition coefficient (Wildman–Crippen LogP) is 3.68. The number of carbonyl (C=O) groups excluding carboxylic acids is 5. The van der Waals surface area contributed by atoms with Crippen molar-refractivity contribution in [2.45, 2.75) is 160 Å². The van der Waals surface area contributed by atoms with E-state index in [-0.39, 0.29) is 128 Å². The van der Waals surface area contributed by atoms with Crippen LogP contribution in [0.15, 0.2) is 0 Å². The second-order valence-electron chi connectivity index (χ2n) is 15.3. The Morgan fingerprint density at radius 2 is 0.774 bits per heavy atom. The zero-order chi connectivity index (χ0) is 46.1. The lowest BCUT2D eigenvalue weighted by atomic mass is 10.0. The SMILES string of the molecule is CC(=O)CC[C@H](NC(=O)COCCOCCNC(=O)COCCOCCNC(=O)CC[C@H](NC(=O)CCCCCCCCCCCCCCCCCCC(=O)O)C(=O)O)C(=O)O. The normalized spacial score (nSPS) is 12.0. The molecule has 0 aliphatic carbocycles. The Morgan fingerprint density at radius 3 is 1.21 bits per heavy atom. The summed E-state index contributed by atoms with van der Waals surface area (Å²) in [6, 6.07) is -2.33. The maximum absolute atomic E-state index is 12.3. The Morgan fingerprint density at radius 1 is 0.403 bits per heavy atom. The first-order valence-electron chi connectivity index (χ1n) is 22.4. The first-order valence-corrected chi connectivity index (χ1v) is 22.4. The molecular formula is C43H76N4O15. The molecule has 0 saturated carbocycles. The second-order valence-corrected chi connectivity index (χ2v) is 15.3. The standard InChI is InChI=1S/C43H76N4O15/c1-34(48)20-21-35(42(55)56)47-40(52)33-62-31-29-60-27-25-45-39(51)32-61-30-28-59-26-24-44-37(49)23-22-36(43(57)58)46-38(50)18-16-14-12-10-8-6-4-2-3-5-7-9-11-13-15-17-19-41(53)54/h35-36H,2-33H2,1H3,(H,44,49)(H,45,51)(H,46,50)(H,47,52)(H,53,54)(H,55,56)(H,57,58)/t35-,36-/m0/s1. The fraction of sp³-hybridized carbons (Fsp3) is 0.814. The van der Waals surface area contributed by atoms with Crippen LogP contribution in [0.3, 0.4) is 0 Å². The van der Waals surface area contributed by atoms with Crippen molar-refractivity contribution < 1.29 is 72.6 Å². The second kappa shape index (κ2) is 40.8. The van der Waals surface area contributed by atoms with Crippen LogP contribution < -0.4 is 21.3 Å². The molecule has 0 fully saturated rings. The molecule has 0 radical (unpaired) electrons. The lowest BCUT2D eigenvalue weighted by Gasteiger charge is -2.14. The number of nitrogens with one attached hydrogen (secondary N) is 4. The van der Waals surface area contributed by atoms with Gasteiger partial charge >= 0.3 is 17.9 Å². The highest BCUT2D eigenvalue weighted by Crippen LogP contribution is 2.14. The van der Waals surface area contributed by atoms with E-state index in [4.69, 9.17) is 29.2 Å². The topological polar surface area (TPSA) is 282 Å². The smallest absolute Gasteiger partial charge is 0.326 e. The maximum atomic E-state index is 12.3. The van der Waals surface area contributed by atoms with E-state index in [2.05, 4.69) is 21.3 Å². The minimum atomic E-state index is -1.24. The average molecular weight is 889 g/mol. The highest BCUT2D eigenvalue weighted by Gasteiger charge is 2.21. The summed E-state index contributed by atoms with van der Waals surface area (Å²) in [6.45, 7) is 2.04. The van der Waals surface area contributed by atoms with Gasteiger partial charge in [0.1, 0.15) is 31.1 Å². The first-order chi connectivity index (χ1) is 29.8. The van der Waals surface area contributed by atoms with Crippen molar-refractivity contribution in [1.82, 2.24) is 21.3 Å². The van der Waals surface area contributed by atoms with Crippen molar-refractivity contribution in [2.75, 3.05) is 65.9 Å². The Kier molecular flexibility index (Phi) is 38.1. The molecular weight excluding hydrogens is 812 g/mol. The molecule has 0 aromatic carbocycles. The predicted molar refractivity (Wildman–Crippen MR) is 228 cm³/mol.